The third kappa shape index (κ3) is 4.35. The number of carbonyl (C=O) groups is 2. The Morgan fingerprint density at radius 3 is 2.35 bits per heavy atom. The Hall–Kier alpha value is -1.34. The minimum atomic E-state index is -0.338. The van der Waals surface area contributed by atoms with E-state index in [0.29, 0.717) is 31.9 Å². The normalized spacial score (nSPS) is 19.5. The van der Waals surface area contributed by atoms with Crippen LogP contribution in [0.15, 0.2) is 30.3 Å². The second-order valence-corrected chi connectivity index (χ2v) is 8.14. The molecule has 0 aromatic heterocycles. The highest BCUT2D eigenvalue weighted by Gasteiger charge is 2.30. The topological polar surface area (TPSA) is 49.9 Å². The SMILES string of the molecule is O=C(Oc1ccccc1)N1CCCN(C(=O)C2SCCS2)CC1. The second-order valence-electron chi connectivity index (χ2n) is 5.42. The van der Waals surface area contributed by atoms with Gasteiger partial charge in [-0.2, -0.15) is 0 Å². The molecule has 23 heavy (non-hydrogen) atoms. The van der Waals surface area contributed by atoms with Crippen LogP contribution in [0.4, 0.5) is 4.79 Å². The number of rotatable bonds is 2. The quantitative estimate of drug-likeness (QED) is 0.819. The van der Waals surface area contributed by atoms with Crippen LogP contribution < -0.4 is 4.74 Å². The Balaban J connectivity index is 1.53. The van der Waals surface area contributed by atoms with E-state index in [4.69, 9.17) is 4.74 Å². The van der Waals surface area contributed by atoms with Gasteiger partial charge in [0.05, 0.1) is 0 Å². The molecule has 0 unspecified atom stereocenters. The van der Waals surface area contributed by atoms with Crippen molar-refractivity contribution in [1.29, 1.82) is 0 Å². The molecule has 2 saturated heterocycles. The first kappa shape index (κ1) is 16.5. The van der Waals surface area contributed by atoms with Crippen molar-refractivity contribution >= 4 is 35.5 Å². The van der Waals surface area contributed by atoms with Crippen molar-refractivity contribution in [2.24, 2.45) is 0 Å². The molecular formula is C16H20N2O3S2. The molecule has 2 heterocycles. The van der Waals surface area contributed by atoms with Crippen LogP contribution in [0.25, 0.3) is 0 Å². The van der Waals surface area contributed by atoms with Gasteiger partial charge in [0, 0.05) is 37.7 Å². The molecule has 0 atom stereocenters. The van der Waals surface area contributed by atoms with E-state index < -0.39 is 0 Å². The van der Waals surface area contributed by atoms with E-state index in [0.717, 1.165) is 17.9 Å². The van der Waals surface area contributed by atoms with Crippen LogP contribution in [0.2, 0.25) is 0 Å². The minimum absolute atomic E-state index is 0.0396. The van der Waals surface area contributed by atoms with Gasteiger partial charge < -0.3 is 14.5 Å². The van der Waals surface area contributed by atoms with Gasteiger partial charge in [0.25, 0.3) is 0 Å². The molecule has 2 aliphatic heterocycles. The molecule has 1 aromatic rings. The van der Waals surface area contributed by atoms with Crippen LogP contribution in [-0.4, -0.2) is 64.1 Å². The molecule has 7 heteroatoms. The number of hydrogen-bond donors (Lipinski definition) is 0. The Morgan fingerprint density at radius 2 is 1.61 bits per heavy atom. The van der Waals surface area contributed by atoms with Crippen molar-refractivity contribution in [3.8, 4) is 5.75 Å². The molecule has 2 aliphatic rings. The summed E-state index contributed by atoms with van der Waals surface area (Å²) >= 11 is 3.45. The first-order valence-corrected chi connectivity index (χ1v) is 9.87. The molecule has 0 saturated carbocycles. The molecule has 3 rings (SSSR count). The van der Waals surface area contributed by atoms with E-state index in [2.05, 4.69) is 0 Å². The summed E-state index contributed by atoms with van der Waals surface area (Å²) in [5.74, 6) is 2.85. The number of ether oxygens (including phenoxy) is 1. The Bertz CT molecular complexity index is 550. The Labute approximate surface area is 144 Å². The monoisotopic (exact) mass is 352 g/mol. The molecule has 2 amide bonds. The van der Waals surface area contributed by atoms with Gasteiger partial charge in [0.15, 0.2) is 0 Å². The summed E-state index contributed by atoms with van der Waals surface area (Å²) in [5, 5.41) is 0. The van der Waals surface area contributed by atoms with Crippen molar-refractivity contribution < 1.29 is 14.3 Å². The molecule has 1 aromatic carbocycles. The fourth-order valence-corrected chi connectivity index (χ4v) is 5.37. The molecule has 0 N–H and O–H groups in total. The lowest BCUT2D eigenvalue weighted by molar-refractivity contribution is -0.128. The number of para-hydroxylation sites is 1. The largest absolute Gasteiger partial charge is 0.415 e. The van der Waals surface area contributed by atoms with E-state index >= 15 is 0 Å². The highest BCUT2D eigenvalue weighted by molar-refractivity contribution is 8.21. The summed E-state index contributed by atoms with van der Waals surface area (Å²) in [6.07, 6.45) is 0.452. The predicted octanol–water partition coefficient (Wildman–Crippen LogP) is 2.53. The number of amides is 2. The van der Waals surface area contributed by atoms with E-state index in [9.17, 15) is 9.59 Å². The zero-order valence-electron chi connectivity index (χ0n) is 12.8. The zero-order chi connectivity index (χ0) is 16.1. The lowest BCUT2D eigenvalue weighted by atomic mass is 10.3. The average Bonchev–Trinajstić information content (AvgIpc) is 2.99. The fourth-order valence-electron chi connectivity index (χ4n) is 2.62. The van der Waals surface area contributed by atoms with Crippen molar-refractivity contribution in [3.63, 3.8) is 0 Å². The number of nitrogens with zero attached hydrogens (tertiary/aromatic N) is 2. The minimum Gasteiger partial charge on any atom is -0.410 e. The maximum atomic E-state index is 12.5. The molecule has 5 nitrogen and oxygen atoms in total. The Morgan fingerprint density at radius 1 is 0.957 bits per heavy atom. The highest BCUT2D eigenvalue weighted by Crippen LogP contribution is 2.33. The van der Waals surface area contributed by atoms with Crippen LogP contribution in [-0.2, 0) is 4.79 Å². The lowest BCUT2D eigenvalue weighted by Crippen LogP contribution is -2.40. The lowest BCUT2D eigenvalue weighted by Gasteiger charge is -2.23. The number of hydrogen-bond acceptors (Lipinski definition) is 5. The third-order valence-corrected chi connectivity index (χ3v) is 6.80. The second kappa shape index (κ2) is 7.97. The van der Waals surface area contributed by atoms with Gasteiger partial charge in [0.2, 0.25) is 5.91 Å². The third-order valence-electron chi connectivity index (χ3n) is 3.84. The summed E-state index contributed by atoms with van der Waals surface area (Å²) in [6.45, 7) is 2.45. The smallest absolute Gasteiger partial charge is 0.410 e. The fraction of sp³-hybridized carbons (Fsp3) is 0.500. The molecule has 124 valence electrons. The summed E-state index contributed by atoms with van der Waals surface area (Å²) < 4.78 is 5.42. The van der Waals surface area contributed by atoms with Crippen LogP contribution in [0, 0.1) is 0 Å². The summed E-state index contributed by atoms with van der Waals surface area (Å²) in [5.41, 5.74) is 0. The van der Waals surface area contributed by atoms with E-state index in [-0.39, 0.29) is 16.6 Å². The summed E-state index contributed by atoms with van der Waals surface area (Å²) in [6, 6.07) is 9.08. The van der Waals surface area contributed by atoms with Crippen molar-refractivity contribution in [2.75, 3.05) is 37.7 Å². The van der Waals surface area contributed by atoms with Gasteiger partial charge in [-0.1, -0.05) is 18.2 Å². The first-order valence-electron chi connectivity index (χ1n) is 7.78. The molecule has 2 fully saturated rings. The molecule has 0 aliphatic carbocycles. The number of thioether (sulfide) groups is 2. The van der Waals surface area contributed by atoms with Crippen LogP contribution >= 0.6 is 23.5 Å². The van der Waals surface area contributed by atoms with Gasteiger partial charge in [-0.05, 0) is 18.6 Å². The van der Waals surface area contributed by atoms with Crippen LogP contribution in [0.3, 0.4) is 0 Å². The Kier molecular flexibility index (Phi) is 5.72. The van der Waals surface area contributed by atoms with Gasteiger partial charge in [0.1, 0.15) is 10.3 Å². The average molecular weight is 352 g/mol. The summed E-state index contributed by atoms with van der Waals surface area (Å²) in [4.78, 5) is 28.3. The summed E-state index contributed by atoms with van der Waals surface area (Å²) in [7, 11) is 0. The van der Waals surface area contributed by atoms with Crippen molar-refractivity contribution in [3.05, 3.63) is 30.3 Å². The highest BCUT2D eigenvalue weighted by atomic mass is 32.2. The van der Waals surface area contributed by atoms with E-state index in [1.165, 1.54) is 0 Å². The number of carbonyl (C=O) groups excluding carboxylic acids is 2. The van der Waals surface area contributed by atoms with Crippen molar-refractivity contribution in [1.82, 2.24) is 9.80 Å². The standard InChI is InChI=1S/C16H20N2O3S2/c19-14(15-22-11-12-23-15)17-7-4-8-18(10-9-17)16(20)21-13-5-2-1-3-6-13/h1-3,5-6,15H,4,7-12H2. The molecule has 0 bridgehead atoms. The number of benzene rings is 1. The van der Waals surface area contributed by atoms with Gasteiger partial charge >= 0.3 is 6.09 Å². The molecular weight excluding hydrogens is 332 g/mol. The van der Waals surface area contributed by atoms with Crippen molar-refractivity contribution in [2.45, 2.75) is 11.0 Å². The van der Waals surface area contributed by atoms with Crippen LogP contribution in [0.5, 0.6) is 5.75 Å². The van der Waals surface area contributed by atoms with Gasteiger partial charge in [-0.25, -0.2) is 4.79 Å². The predicted molar refractivity (Wildman–Crippen MR) is 93.9 cm³/mol. The van der Waals surface area contributed by atoms with Gasteiger partial charge in [-0.15, -0.1) is 23.5 Å². The molecule has 0 radical (unpaired) electrons. The van der Waals surface area contributed by atoms with E-state index in [1.807, 2.05) is 23.1 Å². The van der Waals surface area contributed by atoms with E-state index in [1.54, 1.807) is 40.6 Å². The molecule has 0 spiro atoms. The maximum absolute atomic E-state index is 12.5. The van der Waals surface area contributed by atoms with Crippen LogP contribution in [0.1, 0.15) is 6.42 Å². The van der Waals surface area contributed by atoms with Gasteiger partial charge in [-0.3, -0.25) is 4.79 Å². The maximum Gasteiger partial charge on any atom is 0.415 e. The first-order chi connectivity index (χ1) is 11.2. The zero-order valence-corrected chi connectivity index (χ0v) is 14.5.